The summed E-state index contributed by atoms with van der Waals surface area (Å²) in [5, 5.41) is 8.86. The lowest BCUT2D eigenvalue weighted by atomic mass is 10.2. The summed E-state index contributed by atoms with van der Waals surface area (Å²) in [6.45, 7) is 0. The van der Waals surface area contributed by atoms with Gasteiger partial charge in [-0.2, -0.15) is 5.26 Å². The Morgan fingerprint density at radius 1 is 1.07 bits per heavy atom. The van der Waals surface area contributed by atoms with Crippen LogP contribution in [0.25, 0.3) is 0 Å². The second-order valence-corrected chi connectivity index (χ2v) is 2.95. The van der Waals surface area contributed by atoms with Crippen LogP contribution in [0.3, 0.4) is 0 Å². The lowest BCUT2D eigenvalue weighted by Gasteiger charge is -2.05. The fourth-order valence-electron chi connectivity index (χ4n) is 1.21. The van der Waals surface area contributed by atoms with Gasteiger partial charge in [-0.1, -0.05) is 24.3 Å². The Bertz CT molecular complexity index is 485. The van der Waals surface area contributed by atoms with Crippen LogP contribution in [-0.2, 0) is 0 Å². The highest BCUT2D eigenvalue weighted by Crippen LogP contribution is 2.23. The van der Waals surface area contributed by atoms with E-state index >= 15 is 0 Å². The highest BCUT2D eigenvalue weighted by Gasteiger charge is 2.01. The molecule has 1 radical (unpaired) electrons. The third-order valence-corrected chi connectivity index (χ3v) is 1.92. The van der Waals surface area contributed by atoms with Crippen molar-refractivity contribution in [2.75, 3.05) is 0 Å². The highest BCUT2D eigenvalue weighted by atomic mass is 16.5. The van der Waals surface area contributed by atoms with Crippen LogP contribution in [-0.4, -0.2) is 0 Å². The molecule has 0 atom stereocenters. The minimum Gasteiger partial charge on any atom is -0.456 e. The fraction of sp³-hybridized carbons (Fsp3) is 0. The first-order valence-corrected chi connectivity index (χ1v) is 4.53. The number of benzene rings is 2. The molecule has 0 spiro atoms. The zero-order valence-electron chi connectivity index (χ0n) is 7.97. The molecule has 0 unspecified atom stereocenters. The highest BCUT2D eigenvalue weighted by molar-refractivity contribution is 5.44. The maximum atomic E-state index is 8.86. The molecule has 0 heterocycles. The molecule has 0 amide bonds. The number of nitriles is 1. The van der Waals surface area contributed by atoms with Gasteiger partial charge in [0, 0.05) is 0 Å². The molecule has 0 fully saturated rings. The number of hydrogen-bond donors (Lipinski definition) is 0. The third kappa shape index (κ3) is 2.15. The zero-order valence-corrected chi connectivity index (χ0v) is 7.97. The van der Waals surface area contributed by atoms with Crippen LogP contribution >= 0.6 is 0 Å². The summed E-state index contributed by atoms with van der Waals surface area (Å²) >= 11 is 0. The van der Waals surface area contributed by atoms with E-state index in [-0.39, 0.29) is 0 Å². The first-order chi connectivity index (χ1) is 7.40. The standard InChI is InChI=1S/C13H8NO/c14-10-11-6-4-5-9-13(11)15-12-7-2-1-3-8-12/h2-9H. The minimum absolute atomic E-state index is 0.533. The van der Waals surface area contributed by atoms with Crippen molar-refractivity contribution in [2.24, 2.45) is 0 Å². The molecule has 15 heavy (non-hydrogen) atoms. The molecule has 0 saturated heterocycles. The summed E-state index contributed by atoms with van der Waals surface area (Å²) in [5.41, 5.74) is 0.533. The van der Waals surface area contributed by atoms with Crippen LogP contribution in [0, 0.1) is 17.4 Å². The number of para-hydroxylation sites is 1. The van der Waals surface area contributed by atoms with Crippen molar-refractivity contribution in [1.29, 1.82) is 5.26 Å². The largest absolute Gasteiger partial charge is 0.456 e. The Morgan fingerprint density at radius 3 is 2.53 bits per heavy atom. The van der Waals surface area contributed by atoms with Gasteiger partial charge in [0.2, 0.25) is 0 Å². The Hall–Kier alpha value is -2.27. The molecule has 0 aliphatic carbocycles. The number of hydrogen-bond acceptors (Lipinski definition) is 2. The van der Waals surface area contributed by atoms with E-state index in [1.807, 2.05) is 12.1 Å². The molecule has 0 saturated carbocycles. The molecule has 0 N–H and O–H groups in total. The average molecular weight is 194 g/mol. The van der Waals surface area contributed by atoms with Crippen LogP contribution in [0.2, 0.25) is 0 Å². The van der Waals surface area contributed by atoms with Crippen molar-refractivity contribution in [3.8, 4) is 17.6 Å². The minimum atomic E-state index is 0.533. The summed E-state index contributed by atoms with van der Waals surface area (Å²) in [4.78, 5) is 0. The second kappa shape index (κ2) is 4.30. The number of nitrogens with zero attached hydrogens (tertiary/aromatic N) is 1. The molecular weight excluding hydrogens is 186 g/mol. The van der Waals surface area contributed by atoms with E-state index in [9.17, 15) is 0 Å². The molecule has 2 heteroatoms. The predicted octanol–water partition coefficient (Wildman–Crippen LogP) is 3.15. The lowest BCUT2D eigenvalue weighted by Crippen LogP contribution is -1.86. The maximum Gasteiger partial charge on any atom is 0.145 e. The van der Waals surface area contributed by atoms with Gasteiger partial charge >= 0.3 is 0 Å². The molecule has 0 aromatic heterocycles. The Kier molecular flexibility index (Phi) is 2.66. The number of ether oxygens (including phenoxy) is 1. The van der Waals surface area contributed by atoms with E-state index in [0.717, 1.165) is 0 Å². The monoisotopic (exact) mass is 194 g/mol. The van der Waals surface area contributed by atoms with E-state index < -0.39 is 0 Å². The molecule has 0 bridgehead atoms. The van der Waals surface area contributed by atoms with Crippen molar-refractivity contribution in [3.63, 3.8) is 0 Å². The van der Waals surface area contributed by atoms with Crippen LogP contribution in [0.1, 0.15) is 5.56 Å². The van der Waals surface area contributed by atoms with Gasteiger partial charge in [-0.25, -0.2) is 0 Å². The molecule has 2 aromatic carbocycles. The van der Waals surface area contributed by atoms with E-state index in [2.05, 4.69) is 12.1 Å². The molecule has 0 aliphatic rings. The molecule has 71 valence electrons. The average Bonchev–Trinajstić information content (AvgIpc) is 2.31. The normalized spacial score (nSPS) is 9.27. The molecular formula is C13H8NO. The smallest absolute Gasteiger partial charge is 0.145 e. The number of rotatable bonds is 2. The Balaban J connectivity index is 2.29. The van der Waals surface area contributed by atoms with Gasteiger partial charge in [0.05, 0.1) is 5.56 Å². The molecule has 0 aliphatic heterocycles. The molecule has 2 aromatic rings. The van der Waals surface area contributed by atoms with Gasteiger partial charge in [-0.15, -0.1) is 0 Å². The van der Waals surface area contributed by atoms with E-state index in [4.69, 9.17) is 10.00 Å². The van der Waals surface area contributed by atoms with Crippen LogP contribution in [0.4, 0.5) is 0 Å². The summed E-state index contributed by atoms with van der Waals surface area (Å²) in [6.07, 6.45) is 0. The van der Waals surface area contributed by atoms with Crippen LogP contribution < -0.4 is 4.74 Å². The van der Waals surface area contributed by atoms with E-state index in [1.165, 1.54) is 0 Å². The van der Waals surface area contributed by atoms with Crippen LogP contribution in [0.15, 0.2) is 48.5 Å². The quantitative estimate of drug-likeness (QED) is 0.735. The fourth-order valence-corrected chi connectivity index (χ4v) is 1.21. The first kappa shape index (κ1) is 9.29. The van der Waals surface area contributed by atoms with Crippen LogP contribution in [0.5, 0.6) is 11.5 Å². The topological polar surface area (TPSA) is 33.0 Å². The van der Waals surface area contributed by atoms with Crippen molar-refractivity contribution in [1.82, 2.24) is 0 Å². The van der Waals surface area contributed by atoms with Gasteiger partial charge < -0.3 is 4.74 Å². The van der Waals surface area contributed by atoms with Gasteiger partial charge in [0.1, 0.15) is 17.6 Å². The predicted molar refractivity (Wildman–Crippen MR) is 56.5 cm³/mol. The van der Waals surface area contributed by atoms with E-state index in [0.29, 0.717) is 17.1 Å². The van der Waals surface area contributed by atoms with Gasteiger partial charge in [0.25, 0.3) is 0 Å². The van der Waals surface area contributed by atoms with Gasteiger partial charge in [-0.05, 0) is 30.3 Å². The van der Waals surface area contributed by atoms with Gasteiger partial charge in [-0.3, -0.25) is 0 Å². The maximum absolute atomic E-state index is 8.86. The third-order valence-electron chi connectivity index (χ3n) is 1.92. The van der Waals surface area contributed by atoms with Crippen molar-refractivity contribution in [2.45, 2.75) is 0 Å². The Morgan fingerprint density at radius 2 is 1.80 bits per heavy atom. The van der Waals surface area contributed by atoms with Crippen molar-refractivity contribution < 1.29 is 4.74 Å². The second-order valence-electron chi connectivity index (χ2n) is 2.95. The molecule has 2 rings (SSSR count). The van der Waals surface area contributed by atoms with Crippen molar-refractivity contribution in [3.05, 3.63) is 60.2 Å². The summed E-state index contributed by atoms with van der Waals surface area (Å²) < 4.78 is 5.56. The van der Waals surface area contributed by atoms with E-state index in [1.54, 1.807) is 36.4 Å². The zero-order chi connectivity index (χ0) is 10.5. The summed E-state index contributed by atoms with van der Waals surface area (Å²) in [6, 6.07) is 19.3. The summed E-state index contributed by atoms with van der Waals surface area (Å²) in [7, 11) is 0. The molecule has 2 nitrogen and oxygen atoms in total. The Labute approximate surface area is 88.4 Å². The van der Waals surface area contributed by atoms with Crippen molar-refractivity contribution >= 4 is 0 Å². The summed E-state index contributed by atoms with van der Waals surface area (Å²) in [5.74, 6) is 1.28. The first-order valence-electron chi connectivity index (χ1n) is 4.53. The SMILES string of the molecule is N#Cc1ccccc1Oc1cc[c]cc1. The lowest BCUT2D eigenvalue weighted by molar-refractivity contribution is 0.481. The van der Waals surface area contributed by atoms with Gasteiger partial charge in [0.15, 0.2) is 0 Å².